The second-order valence-electron chi connectivity index (χ2n) is 16.6. The first-order valence-corrected chi connectivity index (χ1v) is 18.7. The lowest BCUT2D eigenvalue weighted by Crippen LogP contribution is -2.60. The molecule has 52 heavy (non-hydrogen) atoms. The maximum absolute atomic E-state index is 14.1. The Morgan fingerprint density at radius 3 is 2.10 bits per heavy atom. The van der Waals surface area contributed by atoms with Gasteiger partial charge in [-0.25, -0.2) is 0 Å². The van der Waals surface area contributed by atoms with Crippen LogP contribution in [0.15, 0.2) is 0 Å². The third-order valence-corrected chi connectivity index (χ3v) is 11.7. The van der Waals surface area contributed by atoms with E-state index in [4.69, 9.17) is 28.4 Å². The fourth-order valence-corrected chi connectivity index (χ4v) is 8.24. The number of rotatable bonds is 7. The Balaban J connectivity index is 2.18. The molecule has 8 unspecified atom stereocenters. The minimum Gasteiger partial charge on any atom is -0.459 e. The van der Waals surface area contributed by atoms with Gasteiger partial charge in [0, 0.05) is 31.4 Å². The number of carbonyl (C=O) groups is 2. The van der Waals surface area contributed by atoms with Crippen LogP contribution in [-0.4, -0.2) is 154 Å². The Labute approximate surface area is 309 Å². The average Bonchev–Trinajstić information content (AvgIpc) is 3.06. The molecule has 3 heterocycles. The van der Waals surface area contributed by atoms with Gasteiger partial charge in [-0.2, -0.15) is 0 Å². The summed E-state index contributed by atoms with van der Waals surface area (Å²) in [5.74, 6) is -4.03. The zero-order valence-corrected chi connectivity index (χ0v) is 33.4. The fraction of sp³-hybridized carbons (Fsp3) is 0.946. The molecule has 0 aromatic rings. The molecule has 3 fully saturated rings. The number of methoxy groups -OCH3 is 1. The van der Waals surface area contributed by atoms with Gasteiger partial charge in [-0.3, -0.25) is 9.59 Å². The molecule has 0 bridgehead atoms. The Morgan fingerprint density at radius 1 is 0.923 bits per heavy atom. The van der Waals surface area contributed by atoms with E-state index in [1.165, 1.54) is 27.9 Å². The molecule has 304 valence electrons. The standard InChI is InChI=1S/C37H68N2O13/c1-14-25-37(10,46)29(41)22(6)38-32(43)18(2)16-35(8,45)31(52-34-27(40)24(39(11)12)15-19(3)48-34)20(4)28(21(5)33(44)50-25)51-26-17-36(9,47-13)30(42)23(7)49-26/h18-31,34,40-42,45-46H,14-17H2,1-13H3,(H,38,43)/t18-,19?,20+,21-,22-,23?,24?,25-,26?,27?,28+,29-,30?,31-,34?,35-,36?,37-/m1/s1. The SMILES string of the molecule is CC[C@H]1OC(=O)[C@H](C)[C@@H](OC2CC(C)(OC)C(O)C(C)O2)[C@H](C)[C@@H](OC2OC(C)CC(N(C)C)C2O)[C@](C)(O)C[C@@H](C)C(=O)N[C@H](C)[C@@H](O)[C@]1(C)O. The molecular weight excluding hydrogens is 680 g/mol. The van der Waals surface area contributed by atoms with E-state index >= 15 is 0 Å². The molecule has 0 aromatic heterocycles. The summed E-state index contributed by atoms with van der Waals surface area (Å²) in [5.41, 5.74) is -4.82. The number of carbonyl (C=O) groups excluding carboxylic acids is 2. The van der Waals surface area contributed by atoms with Crippen LogP contribution in [-0.2, 0) is 38.0 Å². The Bertz CT molecular complexity index is 1190. The Hall–Kier alpha value is -1.50. The quantitative estimate of drug-likeness (QED) is 0.202. The molecule has 0 aliphatic carbocycles. The first-order valence-electron chi connectivity index (χ1n) is 18.7. The first kappa shape index (κ1) is 44.9. The molecule has 0 aromatic carbocycles. The molecule has 6 N–H and O–H groups in total. The number of likely N-dealkylation sites (N-methyl/N-ethyl adjacent to an activating group) is 1. The largest absolute Gasteiger partial charge is 0.459 e. The average molecular weight is 749 g/mol. The summed E-state index contributed by atoms with van der Waals surface area (Å²) >= 11 is 0. The van der Waals surface area contributed by atoms with E-state index in [2.05, 4.69) is 5.32 Å². The van der Waals surface area contributed by atoms with Crippen molar-refractivity contribution in [1.82, 2.24) is 10.2 Å². The second-order valence-corrected chi connectivity index (χ2v) is 16.6. The number of hydrogen-bond donors (Lipinski definition) is 6. The number of amides is 1. The minimum atomic E-state index is -1.97. The summed E-state index contributed by atoms with van der Waals surface area (Å²) in [6.45, 7) is 16.3. The number of nitrogens with zero attached hydrogens (tertiary/aromatic N) is 1. The van der Waals surface area contributed by atoms with Gasteiger partial charge < -0.3 is 64.2 Å². The zero-order chi connectivity index (χ0) is 39.7. The van der Waals surface area contributed by atoms with Crippen LogP contribution in [0.3, 0.4) is 0 Å². The molecule has 0 radical (unpaired) electrons. The van der Waals surface area contributed by atoms with E-state index in [-0.39, 0.29) is 31.4 Å². The van der Waals surface area contributed by atoms with Gasteiger partial charge in [0.05, 0.1) is 47.6 Å². The zero-order valence-electron chi connectivity index (χ0n) is 33.4. The third kappa shape index (κ3) is 9.83. The van der Waals surface area contributed by atoms with Crippen molar-refractivity contribution in [3.05, 3.63) is 0 Å². The lowest BCUT2D eigenvalue weighted by atomic mass is 9.77. The lowest BCUT2D eigenvalue weighted by Gasteiger charge is -2.48. The van der Waals surface area contributed by atoms with Crippen LogP contribution in [0, 0.1) is 17.8 Å². The topological polar surface area (TPSA) is 206 Å². The van der Waals surface area contributed by atoms with Crippen molar-refractivity contribution in [3.8, 4) is 0 Å². The molecule has 15 heteroatoms. The second kappa shape index (κ2) is 17.5. The maximum Gasteiger partial charge on any atom is 0.311 e. The van der Waals surface area contributed by atoms with Crippen molar-refractivity contribution >= 4 is 11.9 Å². The van der Waals surface area contributed by atoms with Gasteiger partial charge in [0.2, 0.25) is 5.91 Å². The highest BCUT2D eigenvalue weighted by Crippen LogP contribution is 2.40. The highest BCUT2D eigenvalue weighted by atomic mass is 16.7. The van der Waals surface area contributed by atoms with E-state index in [1.807, 2.05) is 25.9 Å². The van der Waals surface area contributed by atoms with Gasteiger partial charge in [-0.05, 0) is 81.8 Å². The predicted molar refractivity (Wildman–Crippen MR) is 190 cm³/mol. The van der Waals surface area contributed by atoms with Crippen LogP contribution >= 0.6 is 0 Å². The van der Waals surface area contributed by atoms with Crippen molar-refractivity contribution in [1.29, 1.82) is 0 Å². The van der Waals surface area contributed by atoms with Gasteiger partial charge in [-0.15, -0.1) is 0 Å². The van der Waals surface area contributed by atoms with Gasteiger partial charge >= 0.3 is 5.97 Å². The molecule has 1 amide bonds. The normalized spacial score (nSPS) is 49.1. The summed E-state index contributed by atoms with van der Waals surface area (Å²) in [7, 11) is 5.17. The number of hydrogen-bond acceptors (Lipinski definition) is 14. The van der Waals surface area contributed by atoms with Gasteiger partial charge in [0.15, 0.2) is 12.6 Å². The van der Waals surface area contributed by atoms with Crippen molar-refractivity contribution in [2.75, 3.05) is 21.2 Å². The van der Waals surface area contributed by atoms with Gasteiger partial charge in [0.1, 0.15) is 30.0 Å². The van der Waals surface area contributed by atoms with Crippen molar-refractivity contribution < 1.29 is 63.5 Å². The van der Waals surface area contributed by atoms with Crippen LogP contribution in [0.2, 0.25) is 0 Å². The number of aliphatic hydroxyl groups is 5. The molecule has 3 aliphatic rings. The van der Waals surface area contributed by atoms with E-state index in [9.17, 15) is 35.1 Å². The third-order valence-electron chi connectivity index (χ3n) is 11.7. The van der Waals surface area contributed by atoms with Crippen LogP contribution in [0.5, 0.6) is 0 Å². The first-order chi connectivity index (χ1) is 23.9. The Morgan fingerprint density at radius 2 is 1.54 bits per heavy atom. The predicted octanol–water partition coefficient (Wildman–Crippen LogP) is 1.09. The smallest absolute Gasteiger partial charge is 0.311 e. The number of esters is 1. The Kier molecular flexibility index (Phi) is 15.1. The summed E-state index contributed by atoms with van der Waals surface area (Å²) in [6.07, 6.45) is -9.73. The van der Waals surface area contributed by atoms with Crippen LogP contribution in [0.25, 0.3) is 0 Å². The number of aliphatic hydroxyl groups excluding tert-OH is 3. The highest BCUT2D eigenvalue weighted by Gasteiger charge is 2.52. The summed E-state index contributed by atoms with van der Waals surface area (Å²) in [5, 5.41) is 60.3. The number of nitrogens with one attached hydrogen (secondary N) is 1. The summed E-state index contributed by atoms with van der Waals surface area (Å²) in [6, 6.07) is -1.29. The van der Waals surface area contributed by atoms with Crippen LogP contribution < -0.4 is 5.32 Å². The van der Waals surface area contributed by atoms with E-state index in [1.54, 1.807) is 41.5 Å². The van der Waals surface area contributed by atoms with E-state index in [0.717, 1.165) is 0 Å². The molecular formula is C37H68N2O13. The fourth-order valence-electron chi connectivity index (χ4n) is 8.24. The van der Waals surface area contributed by atoms with Crippen LogP contribution in [0.4, 0.5) is 0 Å². The molecule has 15 nitrogen and oxygen atoms in total. The summed E-state index contributed by atoms with van der Waals surface area (Å²) < 4.78 is 37.1. The lowest BCUT2D eigenvalue weighted by molar-refractivity contribution is -0.317. The summed E-state index contributed by atoms with van der Waals surface area (Å²) in [4.78, 5) is 29.5. The number of cyclic esters (lactones) is 1. The van der Waals surface area contributed by atoms with Gasteiger partial charge in [-0.1, -0.05) is 20.8 Å². The van der Waals surface area contributed by atoms with Gasteiger partial charge in [0.25, 0.3) is 0 Å². The molecule has 0 spiro atoms. The van der Waals surface area contributed by atoms with Crippen molar-refractivity contribution in [2.45, 2.75) is 185 Å². The van der Waals surface area contributed by atoms with E-state index in [0.29, 0.717) is 6.42 Å². The maximum atomic E-state index is 14.1. The molecule has 3 saturated heterocycles. The minimum absolute atomic E-state index is 0.0853. The van der Waals surface area contributed by atoms with Crippen molar-refractivity contribution in [2.24, 2.45) is 17.8 Å². The van der Waals surface area contributed by atoms with E-state index < -0.39 is 108 Å². The number of ether oxygens (including phenoxy) is 6. The molecule has 0 saturated carbocycles. The monoisotopic (exact) mass is 748 g/mol. The van der Waals surface area contributed by atoms with Crippen molar-refractivity contribution in [3.63, 3.8) is 0 Å². The molecule has 18 atom stereocenters. The molecule has 3 aliphatic heterocycles. The highest BCUT2D eigenvalue weighted by molar-refractivity contribution is 5.78. The molecule has 3 rings (SSSR count). The van der Waals surface area contributed by atoms with Crippen LogP contribution in [0.1, 0.15) is 94.9 Å².